The third-order valence-corrected chi connectivity index (χ3v) is 3.46. The lowest BCUT2D eigenvalue weighted by Crippen LogP contribution is -2.48. The van der Waals surface area contributed by atoms with Gasteiger partial charge in [-0.05, 0) is 18.9 Å². The fourth-order valence-corrected chi connectivity index (χ4v) is 2.37. The van der Waals surface area contributed by atoms with E-state index in [0.29, 0.717) is 32.7 Å². The molecule has 0 unspecified atom stereocenters. The molecule has 1 aromatic rings. The zero-order valence-electron chi connectivity index (χ0n) is 11.5. The van der Waals surface area contributed by atoms with Crippen LogP contribution in [0.3, 0.4) is 0 Å². The fraction of sp³-hybridized carbons (Fsp3) is 0.533. The SMILES string of the molecule is Cc1cccc(CCC(=O)N2CCO[C@@H](CN)C2)c1. The van der Waals surface area contributed by atoms with Crippen LogP contribution in [-0.2, 0) is 16.0 Å². The molecule has 1 fully saturated rings. The molecule has 1 atom stereocenters. The molecule has 1 heterocycles. The Bertz CT molecular complexity index is 434. The molecule has 1 aliphatic rings. The minimum absolute atomic E-state index is 0.00308. The van der Waals surface area contributed by atoms with Crippen molar-refractivity contribution in [2.24, 2.45) is 5.73 Å². The van der Waals surface area contributed by atoms with Crippen molar-refractivity contribution < 1.29 is 9.53 Å². The predicted octanol–water partition coefficient (Wildman–Crippen LogP) is 1.11. The Kier molecular flexibility index (Phi) is 4.93. The summed E-state index contributed by atoms with van der Waals surface area (Å²) in [6.45, 7) is 4.45. The fourth-order valence-electron chi connectivity index (χ4n) is 2.37. The van der Waals surface area contributed by atoms with Gasteiger partial charge in [-0.1, -0.05) is 29.8 Å². The van der Waals surface area contributed by atoms with Gasteiger partial charge in [-0.2, -0.15) is 0 Å². The van der Waals surface area contributed by atoms with Crippen molar-refractivity contribution in [2.75, 3.05) is 26.2 Å². The van der Waals surface area contributed by atoms with Gasteiger partial charge in [-0.3, -0.25) is 4.79 Å². The van der Waals surface area contributed by atoms with Crippen LogP contribution in [0.15, 0.2) is 24.3 Å². The van der Waals surface area contributed by atoms with Crippen molar-refractivity contribution in [3.63, 3.8) is 0 Å². The molecule has 2 N–H and O–H groups in total. The largest absolute Gasteiger partial charge is 0.373 e. The van der Waals surface area contributed by atoms with E-state index in [9.17, 15) is 4.79 Å². The van der Waals surface area contributed by atoms with E-state index in [1.54, 1.807) is 0 Å². The van der Waals surface area contributed by atoms with Crippen LogP contribution in [0.5, 0.6) is 0 Å². The number of hydrogen-bond acceptors (Lipinski definition) is 3. The predicted molar refractivity (Wildman–Crippen MR) is 74.9 cm³/mol. The molecule has 4 nitrogen and oxygen atoms in total. The molecule has 4 heteroatoms. The number of aryl methyl sites for hydroxylation is 2. The van der Waals surface area contributed by atoms with Crippen LogP contribution in [0.25, 0.3) is 0 Å². The number of rotatable bonds is 4. The highest BCUT2D eigenvalue weighted by Crippen LogP contribution is 2.10. The Hall–Kier alpha value is -1.39. The Morgan fingerprint density at radius 1 is 1.53 bits per heavy atom. The number of ether oxygens (including phenoxy) is 1. The van der Waals surface area contributed by atoms with Gasteiger partial charge in [-0.25, -0.2) is 0 Å². The summed E-state index contributed by atoms with van der Waals surface area (Å²) in [5, 5.41) is 0. The number of benzene rings is 1. The smallest absolute Gasteiger partial charge is 0.223 e. The first kappa shape index (κ1) is 14.0. The van der Waals surface area contributed by atoms with Crippen LogP contribution < -0.4 is 5.73 Å². The summed E-state index contributed by atoms with van der Waals surface area (Å²) in [7, 11) is 0. The maximum Gasteiger partial charge on any atom is 0.223 e. The Balaban J connectivity index is 1.84. The highest BCUT2D eigenvalue weighted by Gasteiger charge is 2.22. The molecule has 1 saturated heterocycles. The maximum absolute atomic E-state index is 12.1. The van der Waals surface area contributed by atoms with E-state index in [4.69, 9.17) is 10.5 Å². The minimum atomic E-state index is -0.00308. The van der Waals surface area contributed by atoms with Crippen LogP contribution in [0.1, 0.15) is 17.5 Å². The number of morpholine rings is 1. The molecule has 2 rings (SSSR count). The van der Waals surface area contributed by atoms with Crippen molar-refractivity contribution in [2.45, 2.75) is 25.9 Å². The molecule has 0 aromatic heterocycles. The van der Waals surface area contributed by atoms with Crippen LogP contribution in [0.2, 0.25) is 0 Å². The van der Waals surface area contributed by atoms with Crippen molar-refractivity contribution in [1.82, 2.24) is 4.90 Å². The highest BCUT2D eigenvalue weighted by atomic mass is 16.5. The maximum atomic E-state index is 12.1. The van der Waals surface area contributed by atoms with E-state index in [2.05, 4.69) is 25.1 Å². The number of hydrogen-bond donors (Lipinski definition) is 1. The first-order chi connectivity index (χ1) is 9.19. The Labute approximate surface area is 114 Å². The molecule has 0 spiro atoms. The van der Waals surface area contributed by atoms with E-state index in [-0.39, 0.29) is 12.0 Å². The lowest BCUT2D eigenvalue weighted by molar-refractivity contribution is -0.138. The average molecular weight is 262 g/mol. The van der Waals surface area contributed by atoms with Crippen LogP contribution in [-0.4, -0.2) is 43.2 Å². The number of carbonyl (C=O) groups is 1. The first-order valence-electron chi connectivity index (χ1n) is 6.84. The van der Waals surface area contributed by atoms with Gasteiger partial charge in [0.1, 0.15) is 0 Å². The number of nitrogens with two attached hydrogens (primary N) is 1. The third kappa shape index (κ3) is 4.04. The van der Waals surface area contributed by atoms with Crippen molar-refractivity contribution >= 4 is 5.91 Å². The van der Waals surface area contributed by atoms with E-state index in [1.807, 2.05) is 11.0 Å². The summed E-state index contributed by atoms with van der Waals surface area (Å²) in [6, 6.07) is 8.31. The number of amides is 1. The molecule has 104 valence electrons. The summed E-state index contributed by atoms with van der Waals surface area (Å²) in [5.74, 6) is 0.197. The van der Waals surface area contributed by atoms with E-state index in [0.717, 1.165) is 6.42 Å². The lowest BCUT2D eigenvalue weighted by atomic mass is 10.1. The Morgan fingerprint density at radius 2 is 2.37 bits per heavy atom. The van der Waals surface area contributed by atoms with Gasteiger partial charge in [0.25, 0.3) is 0 Å². The van der Waals surface area contributed by atoms with E-state index in [1.165, 1.54) is 11.1 Å². The average Bonchev–Trinajstić information content (AvgIpc) is 2.45. The van der Waals surface area contributed by atoms with Gasteiger partial charge in [-0.15, -0.1) is 0 Å². The number of carbonyl (C=O) groups excluding carboxylic acids is 1. The van der Waals surface area contributed by atoms with E-state index >= 15 is 0 Å². The monoisotopic (exact) mass is 262 g/mol. The zero-order valence-corrected chi connectivity index (χ0v) is 11.5. The van der Waals surface area contributed by atoms with Gasteiger partial charge in [0.15, 0.2) is 0 Å². The molecule has 0 saturated carbocycles. The quantitative estimate of drug-likeness (QED) is 0.884. The lowest BCUT2D eigenvalue weighted by Gasteiger charge is -2.32. The number of nitrogens with zero attached hydrogens (tertiary/aromatic N) is 1. The zero-order chi connectivity index (χ0) is 13.7. The summed E-state index contributed by atoms with van der Waals surface area (Å²) in [5.41, 5.74) is 8.04. The van der Waals surface area contributed by atoms with Gasteiger partial charge in [0.05, 0.1) is 12.7 Å². The molecule has 0 aliphatic carbocycles. The first-order valence-corrected chi connectivity index (χ1v) is 6.84. The molecule has 19 heavy (non-hydrogen) atoms. The highest BCUT2D eigenvalue weighted by molar-refractivity contribution is 5.76. The van der Waals surface area contributed by atoms with Gasteiger partial charge in [0.2, 0.25) is 5.91 Å². The molecule has 0 bridgehead atoms. The van der Waals surface area contributed by atoms with Gasteiger partial charge < -0.3 is 15.4 Å². The summed E-state index contributed by atoms with van der Waals surface area (Å²) in [6.07, 6.45) is 1.35. The van der Waals surface area contributed by atoms with Crippen LogP contribution in [0.4, 0.5) is 0 Å². The Morgan fingerprint density at radius 3 is 3.11 bits per heavy atom. The standard InChI is InChI=1S/C15H22N2O2/c1-12-3-2-4-13(9-12)5-6-15(18)17-7-8-19-14(10-16)11-17/h2-4,9,14H,5-8,10-11,16H2,1H3/t14-/m0/s1. The second-order valence-electron chi connectivity index (χ2n) is 5.06. The molecule has 1 aliphatic heterocycles. The molecule has 1 aromatic carbocycles. The minimum Gasteiger partial charge on any atom is -0.373 e. The van der Waals surface area contributed by atoms with Gasteiger partial charge in [0, 0.05) is 26.1 Å². The topological polar surface area (TPSA) is 55.6 Å². The molecular weight excluding hydrogens is 240 g/mol. The van der Waals surface area contributed by atoms with Crippen LogP contribution in [0, 0.1) is 6.92 Å². The van der Waals surface area contributed by atoms with Crippen LogP contribution >= 0.6 is 0 Å². The van der Waals surface area contributed by atoms with Gasteiger partial charge >= 0.3 is 0 Å². The van der Waals surface area contributed by atoms with Crippen molar-refractivity contribution in [3.8, 4) is 0 Å². The molecular formula is C15H22N2O2. The molecule has 1 amide bonds. The molecule has 0 radical (unpaired) electrons. The summed E-state index contributed by atoms with van der Waals surface area (Å²) < 4.78 is 5.47. The van der Waals surface area contributed by atoms with E-state index < -0.39 is 0 Å². The summed E-state index contributed by atoms with van der Waals surface area (Å²) >= 11 is 0. The summed E-state index contributed by atoms with van der Waals surface area (Å²) in [4.78, 5) is 14.0. The van der Waals surface area contributed by atoms with Crippen molar-refractivity contribution in [1.29, 1.82) is 0 Å². The third-order valence-electron chi connectivity index (χ3n) is 3.46. The second-order valence-corrected chi connectivity index (χ2v) is 5.06. The second kappa shape index (κ2) is 6.68. The van der Waals surface area contributed by atoms with Crippen molar-refractivity contribution in [3.05, 3.63) is 35.4 Å². The normalized spacial score (nSPS) is 19.5.